The highest BCUT2D eigenvalue weighted by molar-refractivity contribution is 5.94. The highest BCUT2D eigenvalue weighted by Crippen LogP contribution is 2.30. The summed E-state index contributed by atoms with van der Waals surface area (Å²) in [5, 5.41) is 6.89. The van der Waals surface area contributed by atoms with Crippen LogP contribution in [-0.2, 0) is 6.54 Å². The van der Waals surface area contributed by atoms with E-state index in [-0.39, 0.29) is 5.91 Å². The highest BCUT2D eigenvalue weighted by atomic mass is 16.6. The zero-order chi connectivity index (χ0) is 17.1. The van der Waals surface area contributed by atoms with Crippen molar-refractivity contribution in [1.29, 1.82) is 0 Å². The van der Waals surface area contributed by atoms with Crippen LogP contribution in [0.3, 0.4) is 0 Å². The summed E-state index contributed by atoms with van der Waals surface area (Å²) in [5.74, 6) is 1.77. The van der Waals surface area contributed by atoms with E-state index in [9.17, 15) is 4.79 Å². The van der Waals surface area contributed by atoms with Gasteiger partial charge in [-0.1, -0.05) is 6.07 Å². The van der Waals surface area contributed by atoms with Crippen molar-refractivity contribution in [3.63, 3.8) is 0 Å². The van der Waals surface area contributed by atoms with Gasteiger partial charge in [-0.2, -0.15) is 5.10 Å². The van der Waals surface area contributed by atoms with Gasteiger partial charge < -0.3 is 14.8 Å². The van der Waals surface area contributed by atoms with Crippen LogP contribution in [0.2, 0.25) is 0 Å². The molecule has 0 fully saturated rings. The van der Waals surface area contributed by atoms with Gasteiger partial charge in [0, 0.05) is 18.3 Å². The second-order valence-corrected chi connectivity index (χ2v) is 5.40. The normalized spacial score (nSPS) is 12.6. The number of aromatic nitrogens is 4. The fourth-order valence-corrected chi connectivity index (χ4v) is 2.49. The number of carbonyl (C=O) groups excluding carboxylic acids is 1. The van der Waals surface area contributed by atoms with Crippen molar-refractivity contribution < 1.29 is 14.3 Å². The van der Waals surface area contributed by atoms with Crippen LogP contribution >= 0.6 is 0 Å². The topological polar surface area (TPSA) is 91.2 Å². The Bertz CT molecular complexity index is 895. The lowest BCUT2D eigenvalue weighted by Gasteiger charge is -2.19. The van der Waals surface area contributed by atoms with E-state index in [4.69, 9.17) is 9.47 Å². The molecular formula is C17H15N5O3. The summed E-state index contributed by atoms with van der Waals surface area (Å²) >= 11 is 0. The van der Waals surface area contributed by atoms with Crippen molar-refractivity contribution in [2.45, 2.75) is 6.54 Å². The molecule has 25 heavy (non-hydrogen) atoms. The Morgan fingerprint density at radius 3 is 2.88 bits per heavy atom. The summed E-state index contributed by atoms with van der Waals surface area (Å²) < 4.78 is 12.5. The summed E-state index contributed by atoms with van der Waals surface area (Å²) in [6, 6.07) is 8.95. The Kier molecular flexibility index (Phi) is 3.99. The fourth-order valence-electron chi connectivity index (χ4n) is 2.49. The minimum Gasteiger partial charge on any atom is -0.486 e. The predicted molar refractivity (Wildman–Crippen MR) is 87.8 cm³/mol. The van der Waals surface area contributed by atoms with Gasteiger partial charge in [0.25, 0.3) is 5.91 Å². The minimum absolute atomic E-state index is 0.196. The van der Waals surface area contributed by atoms with Crippen molar-refractivity contribution in [2.75, 3.05) is 13.2 Å². The van der Waals surface area contributed by atoms with Crippen LogP contribution in [0.15, 0.2) is 49.2 Å². The van der Waals surface area contributed by atoms with E-state index in [1.165, 1.54) is 17.3 Å². The molecule has 3 heterocycles. The maximum atomic E-state index is 12.4. The molecule has 1 aliphatic heterocycles. The van der Waals surface area contributed by atoms with Crippen LogP contribution in [0.1, 0.15) is 15.9 Å². The van der Waals surface area contributed by atoms with Crippen LogP contribution in [0.25, 0.3) is 5.82 Å². The number of amides is 1. The Hall–Kier alpha value is -3.42. The van der Waals surface area contributed by atoms with Gasteiger partial charge in [-0.15, -0.1) is 0 Å². The quantitative estimate of drug-likeness (QED) is 0.773. The third-order valence-corrected chi connectivity index (χ3v) is 3.72. The number of pyridine rings is 1. The maximum Gasteiger partial charge on any atom is 0.251 e. The second-order valence-electron chi connectivity index (χ2n) is 5.40. The molecule has 0 unspecified atom stereocenters. The van der Waals surface area contributed by atoms with E-state index >= 15 is 0 Å². The van der Waals surface area contributed by atoms with E-state index in [0.717, 1.165) is 11.3 Å². The first-order valence-corrected chi connectivity index (χ1v) is 7.77. The first-order chi connectivity index (χ1) is 12.3. The van der Waals surface area contributed by atoms with E-state index < -0.39 is 0 Å². The number of nitrogens with zero attached hydrogens (tertiary/aromatic N) is 4. The lowest BCUT2D eigenvalue weighted by molar-refractivity contribution is 0.0950. The molecular weight excluding hydrogens is 322 g/mol. The van der Waals surface area contributed by atoms with E-state index in [1.54, 1.807) is 18.3 Å². The first kappa shape index (κ1) is 15.1. The fraction of sp³-hybridized carbons (Fsp3) is 0.176. The molecule has 126 valence electrons. The number of rotatable bonds is 4. The molecule has 2 aromatic heterocycles. The summed E-state index contributed by atoms with van der Waals surface area (Å²) in [4.78, 5) is 20.4. The number of carbonyl (C=O) groups is 1. The lowest BCUT2D eigenvalue weighted by atomic mass is 10.2. The molecule has 0 aliphatic carbocycles. The monoisotopic (exact) mass is 337 g/mol. The zero-order valence-electron chi connectivity index (χ0n) is 13.3. The number of benzene rings is 1. The Morgan fingerprint density at radius 1 is 1.16 bits per heavy atom. The van der Waals surface area contributed by atoms with Crippen LogP contribution in [0.5, 0.6) is 11.5 Å². The molecule has 3 aromatic rings. The first-order valence-electron chi connectivity index (χ1n) is 7.77. The Morgan fingerprint density at radius 2 is 2.04 bits per heavy atom. The molecule has 0 saturated carbocycles. The average molecular weight is 337 g/mol. The highest BCUT2D eigenvalue weighted by Gasteiger charge is 2.13. The molecule has 1 aromatic carbocycles. The third-order valence-electron chi connectivity index (χ3n) is 3.72. The van der Waals surface area contributed by atoms with Crippen molar-refractivity contribution in [1.82, 2.24) is 25.1 Å². The van der Waals surface area contributed by atoms with Gasteiger partial charge in [-0.25, -0.2) is 14.6 Å². The van der Waals surface area contributed by atoms with Gasteiger partial charge in [-0.3, -0.25) is 4.79 Å². The molecule has 1 aliphatic rings. The third kappa shape index (κ3) is 3.27. The Balaban J connectivity index is 1.45. The standard InChI is InChI=1S/C17H15N5O3/c23-17(13-3-4-19-16(8-13)22-11-18-10-21-22)20-9-12-1-2-14-15(7-12)25-6-5-24-14/h1-4,7-8,10-11H,5-6,9H2,(H,20,23). The van der Waals surface area contributed by atoms with Crippen molar-refractivity contribution in [3.05, 3.63) is 60.3 Å². The maximum absolute atomic E-state index is 12.4. The van der Waals surface area contributed by atoms with E-state index in [1.807, 2.05) is 18.2 Å². The van der Waals surface area contributed by atoms with Crippen molar-refractivity contribution in [2.24, 2.45) is 0 Å². The van der Waals surface area contributed by atoms with Gasteiger partial charge in [0.1, 0.15) is 25.9 Å². The number of hydrogen-bond donors (Lipinski definition) is 1. The SMILES string of the molecule is O=C(NCc1ccc2c(c1)OCCO2)c1ccnc(-n2cncn2)c1. The van der Waals surface area contributed by atoms with Gasteiger partial charge in [-0.05, 0) is 29.8 Å². The summed E-state index contributed by atoms with van der Waals surface area (Å²) in [6.45, 7) is 1.47. The van der Waals surface area contributed by atoms with Crippen LogP contribution in [0.4, 0.5) is 0 Å². The smallest absolute Gasteiger partial charge is 0.251 e. The van der Waals surface area contributed by atoms with Gasteiger partial charge in [0.2, 0.25) is 0 Å². The summed E-state index contributed by atoms with van der Waals surface area (Å²) in [7, 11) is 0. The molecule has 0 spiro atoms. The zero-order valence-corrected chi connectivity index (χ0v) is 13.3. The van der Waals surface area contributed by atoms with Gasteiger partial charge in [0.05, 0.1) is 0 Å². The molecule has 0 bridgehead atoms. The molecule has 1 amide bonds. The number of ether oxygens (including phenoxy) is 2. The van der Waals surface area contributed by atoms with E-state index in [2.05, 4.69) is 20.4 Å². The molecule has 4 rings (SSSR count). The summed E-state index contributed by atoms with van der Waals surface area (Å²) in [6.07, 6.45) is 4.51. The number of hydrogen-bond acceptors (Lipinski definition) is 6. The Labute approximate surface area is 143 Å². The average Bonchev–Trinajstić information content (AvgIpc) is 3.21. The van der Waals surface area contributed by atoms with Crippen LogP contribution in [-0.4, -0.2) is 38.9 Å². The van der Waals surface area contributed by atoms with Crippen LogP contribution < -0.4 is 14.8 Å². The predicted octanol–water partition coefficient (Wildman–Crippen LogP) is 1.36. The van der Waals surface area contributed by atoms with Crippen molar-refractivity contribution >= 4 is 5.91 Å². The van der Waals surface area contributed by atoms with Gasteiger partial charge in [0.15, 0.2) is 17.3 Å². The van der Waals surface area contributed by atoms with Crippen LogP contribution in [0, 0.1) is 0 Å². The largest absolute Gasteiger partial charge is 0.486 e. The molecule has 0 atom stereocenters. The van der Waals surface area contributed by atoms with E-state index in [0.29, 0.717) is 36.9 Å². The molecule has 8 nitrogen and oxygen atoms in total. The van der Waals surface area contributed by atoms with Gasteiger partial charge >= 0.3 is 0 Å². The molecule has 1 N–H and O–H groups in total. The number of nitrogens with one attached hydrogen (secondary N) is 1. The minimum atomic E-state index is -0.196. The van der Waals surface area contributed by atoms with Crippen molar-refractivity contribution in [3.8, 4) is 17.3 Å². The molecule has 8 heteroatoms. The molecule has 0 radical (unpaired) electrons. The second kappa shape index (κ2) is 6.60. The summed E-state index contributed by atoms with van der Waals surface area (Å²) in [5.41, 5.74) is 1.43. The molecule has 0 saturated heterocycles. The number of fused-ring (bicyclic) bond motifs is 1. The lowest BCUT2D eigenvalue weighted by Crippen LogP contribution is -2.23.